The molecule has 0 bridgehead atoms. The fourth-order valence-corrected chi connectivity index (χ4v) is 4.93. The number of carbonyl (C=O) groups is 1. The fraction of sp³-hybridized carbons (Fsp3) is 0.444. The van der Waals surface area contributed by atoms with Crippen LogP contribution in [0.3, 0.4) is 0 Å². The van der Waals surface area contributed by atoms with E-state index in [1.165, 1.54) is 23.5 Å². The van der Waals surface area contributed by atoms with Gasteiger partial charge < -0.3 is 9.30 Å². The van der Waals surface area contributed by atoms with Gasteiger partial charge in [0.2, 0.25) is 4.80 Å². The van der Waals surface area contributed by atoms with Gasteiger partial charge in [0.05, 0.1) is 11.5 Å². The van der Waals surface area contributed by atoms with Crippen LogP contribution in [0.5, 0.6) is 0 Å². The molecule has 6 nitrogen and oxygen atoms in total. The summed E-state index contributed by atoms with van der Waals surface area (Å²) in [6.07, 6.45) is 0. The molecular formula is C18H24N2O4S2. The zero-order chi connectivity index (χ0) is 19.5. The first-order chi connectivity index (χ1) is 12.1. The van der Waals surface area contributed by atoms with Crippen LogP contribution >= 0.6 is 11.3 Å². The molecule has 0 aliphatic heterocycles. The Morgan fingerprint density at radius 2 is 1.85 bits per heavy atom. The Hall–Kier alpha value is -1.93. The second-order valence-corrected chi connectivity index (χ2v) is 9.40. The summed E-state index contributed by atoms with van der Waals surface area (Å²) in [5.41, 5.74) is 0.618. The predicted molar refractivity (Wildman–Crippen MR) is 102 cm³/mol. The third-order valence-corrected chi connectivity index (χ3v) is 6.67. The Kier molecular flexibility index (Phi) is 6.08. The van der Waals surface area contributed by atoms with Crippen molar-refractivity contribution in [2.45, 2.75) is 51.5 Å². The molecule has 1 aromatic heterocycles. The molecule has 142 valence electrons. The van der Waals surface area contributed by atoms with Gasteiger partial charge in [-0.25, -0.2) is 0 Å². The number of ether oxygens (including phenoxy) is 1. The molecule has 0 aliphatic carbocycles. The largest absolute Gasteiger partial charge is 0.465 e. The summed E-state index contributed by atoms with van der Waals surface area (Å²) in [5, 5.41) is 0. The van der Waals surface area contributed by atoms with Gasteiger partial charge in [-0.3, -0.25) is 4.79 Å². The minimum absolute atomic E-state index is 0.0740. The summed E-state index contributed by atoms with van der Waals surface area (Å²) in [6.45, 7) is 9.90. The van der Waals surface area contributed by atoms with E-state index in [4.69, 9.17) is 4.74 Å². The van der Waals surface area contributed by atoms with Crippen molar-refractivity contribution >= 4 is 27.3 Å². The number of hydrogen-bond donors (Lipinski definition) is 0. The highest BCUT2D eigenvalue weighted by atomic mass is 32.2. The SMILES string of the molecule is CCOC(=O)Cn1c(C)c(C(C)(C)C)s/c1=N\S(=O)(=O)c1ccccc1. The van der Waals surface area contributed by atoms with Crippen LogP contribution in [0.4, 0.5) is 0 Å². The van der Waals surface area contributed by atoms with E-state index in [0.717, 1.165) is 10.6 Å². The van der Waals surface area contributed by atoms with Gasteiger partial charge in [0.1, 0.15) is 6.54 Å². The van der Waals surface area contributed by atoms with Gasteiger partial charge in [0.15, 0.2) is 0 Å². The molecule has 0 aliphatic rings. The van der Waals surface area contributed by atoms with Gasteiger partial charge in [-0.05, 0) is 31.4 Å². The van der Waals surface area contributed by atoms with E-state index >= 15 is 0 Å². The Morgan fingerprint density at radius 1 is 1.23 bits per heavy atom. The summed E-state index contributed by atoms with van der Waals surface area (Å²) in [5.74, 6) is -0.424. The third-order valence-electron chi connectivity index (χ3n) is 3.67. The number of sulfonamides is 1. The van der Waals surface area contributed by atoms with Crippen molar-refractivity contribution in [2.24, 2.45) is 4.40 Å². The quantitative estimate of drug-likeness (QED) is 0.728. The van der Waals surface area contributed by atoms with Gasteiger partial charge >= 0.3 is 5.97 Å². The van der Waals surface area contributed by atoms with Crippen LogP contribution in [0.15, 0.2) is 39.6 Å². The standard InChI is InChI=1S/C18H24N2O4S2/c1-6-24-15(21)12-20-13(2)16(18(3,4)5)25-17(20)19-26(22,23)14-10-8-7-9-11-14/h7-11H,6,12H2,1-5H3/b19-17-. The lowest BCUT2D eigenvalue weighted by Gasteiger charge is -2.17. The van der Waals surface area contributed by atoms with Crippen molar-refractivity contribution in [3.8, 4) is 0 Å². The monoisotopic (exact) mass is 396 g/mol. The smallest absolute Gasteiger partial charge is 0.326 e. The molecule has 0 amide bonds. The molecule has 1 aromatic carbocycles. The molecule has 0 spiro atoms. The highest BCUT2D eigenvalue weighted by Crippen LogP contribution is 2.28. The number of aromatic nitrogens is 1. The van der Waals surface area contributed by atoms with Crippen molar-refractivity contribution in [3.63, 3.8) is 0 Å². The minimum Gasteiger partial charge on any atom is -0.465 e. The van der Waals surface area contributed by atoms with Crippen molar-refractivity contribution in [3.05, 3.63) is 45.7 Å². The zero-order valence-electron chi connectivity index (χ0n) is 15.6. The summed E-state index contributed by atoms with van der Waals surface area (Å²) in [6, 6.07) is 8.04. The van der Waals surface area contributed by atoms with E-state index in [9.17, 15) is 13.2 Å². The lowest BCUT2D eigenvalue weighted by atomic mass is 9.93. The number of rotatable bonds is 5. The molecule has 8 heteroatoms. The fourth-order valence-electron chi connectivity index (χ4n) is 2.52. The Balaban J connectivity index is 2.65. The van der Waals surface area contributed by atoms with E-state index in [-0.39, 0.29) is 28.3 Å². The molecule has 0 N–H and O–H groups in total. The number of hydrogen-bond acceptors (Lipinski definition) is 5. The first-order valence-corrected chi connectivity index (χ1v) is 10.5. The lowest BCUT2D eigenvalue weighted by Crippen LogP contribution is -2.24. The van der Waals surface area contributed by atoms with E-state index < -0.39 is 16.0 Å². The van der Waals surface area contributed by atoms with Crippen LogP contribution in [0, 0.1) is 6.92 Å². The van der Waals surface area contributed by atoms with Crippen LogP contribution in [-0.4, -0.2) is 25.6 Å². The molecule has 0 radical (unpaired) electrons. The average Bonchev–Trinajstić information content (AvgIpc) is 2.85. The molecule has 0 unspecified atom stereocenters. The lowest BCUT2D eigenvalue weighted by molar-refractivity contribution is -0.143. The number of thiazole rings is 1. The Morgan fingerprint density at radius 3 is 2.38 bits per heavy atom. The predicted octanol–water partition coefficient (Wildman–Crippen LogP) is 3.01. The second kappa shape index (κ2) is 7.75. The minimum atomic E-state index is -3.87. The van der Waals surface area contributed by atoms with E-state index in [1.54, 1.807) is 29.7 Å². The maximum Gasteiger partial charge on any atom is 0.326 e. The summed E-state index contributed by atoms with van der Waals surface area (Å²) in [4.78, 5) is 13.3. The van der Waals surface area contributed by atoms with Gasteiger partial charge in [0.25, 0.3) is 10.0 Å². The van der Waals surface area contributed by atoms with Crippen molar-refractivity contribution in [2.75, 3.05) is 6.61 Å². The molecule has 2 aromatic rings. The molecule has 1 heterocycles. The van der Waals surface area contributed by atoms with Gasteiger partial charge in [0, 0.05) is 10.6 Å². The van der Waals surface area contributed by atoms with Gasteiger partial charge in [-0.2, -0.15) is 8.42 Å². The normalized spacial score (nSPS) is 13.0. The van der Waals surface area contributed by atoms with E-state index in [2.05, 4.69) is 4.40 Å². The highest BCUT2D eigenvalue weighted by Gasteiger charge is 2.24. The average molecular weight is 397 g/mol. The van der Waals surface area contributed by atoms with Crippen molar-refractivity contribution < 1.29 is 17.9 Å². The number of esters is 1. The Labute approximate surface area is 158 Å². The first-order valence-electron chi connectivity index (χ1n) is 8.28. The van der Waals surface area contributed by atoms with E-state index in [0.29, 0.717) is 0 Å². The number of benzene rings is 1. The number of carbonyl (C=O) groups excluding carboxylic acids is 1. The van der Waals surface area contributed by atoms with Crippen molar-refractivity contribution in [1.82, 2.24) is 4.57 Å². The maximum absolute atomic E-state index is 12.6. The second-order valence-electron chi connectivity index (χ2n) is 6.82. The van der Waals surface area contributed by atoms with Crippen LogP contribution in [0.2, 0.25) is 0 Å². The summed E-state index contributed by atoms with van der Waals surface area (Å²) in [7, 11) is -3.87. The van der Waals surface area contributed by atoms with Crippen LogP contribution in [-0.2, 0) is 31.5 Å². The van der Waals surface area contributed by atoms with Crippen LogP contribution in [0.1, 0.15) is 38.3 Å². The van der Waals surface area contributed by atoms with Gasteiger partial charge in [-0.15, -0.1) is 15.7 Å². The summed E-state index contributed by atoms with van der Waals surface area (Å²) >= 11 is 1.28. The van der Waals surface area contributed by atoms with Crippen molar-refractivity contribution in [1.29, 1.82) is 0 Å². The molecule has 0 fully saturated rings. The maximum atomic E-state index is 12.6. The van der Waals surface area contributed by atoms with E-state index in [1.807, 2.05) is 27.7 Å². The molecule has 0 saturated carbocycles. The topological polar surface area (TPSA) is 77.7 Å². The summed E-state index contributed by atoms with van der Waals surface area (Å²) < 4.78 is 35.9. The molecule has 0 atom stereocenters. The molecule has 0 saturated heterocycles. The Bertz CT molecular complexity index is 949. The van der Waals surface area contributed by atoms with Crippen LogP contribution < -0.4 is 4.80 Å². The zero-order valence-corrected chi connectivity index (χ0v) is 17.3. The molecule has 2 rings (SSSR count). The number of nitrogens with zero attached hydrogens (tertiary/aromatic N) is 2. The first kappa shape index (κ1) is 20.4. The molecular weight excluding hydrogens is 372 g/mol. The van der Waals surface area contributed by atoms with Gasteiger partial charge in [-0.1, -0.05) is 39.0 Å². The van der Waals surface area contributed by atoms with Crippen LogP contribution in [0.25, 0.3) is 0 Å². The highest BCUT2D eigenvalue weighted by molar-refractivity contribution is 7.90. The molecule has 26 heavy (non-hydrogen) atoms. The third kappa shape index (κ3) is 4.62.